The minimum atomic E-state index is -0.490. The van der Waals surface area contributed by atoms with Gasteiger partial charge in [0.05, 0.1) is 18.5 Å². The number of hydrogen-bond acceptors (Lipinski definition) is 7. The predicted octanol–water partition coefficient (Wildman–Crippen LogP) is 4.26. The first-order chi connectivity index (χ1) is 13.4. The number of aryl methyl sites for hydroxylation is 2. The topological polar surface area (TPSA) is 117 Å². The lowest BCUT2D eigenvalue weighted by Crippen LogP contribution is -2.18. The molecule has 0 aliphatic rings. The summed E-state index contributed by atoms with van der Waals surface area (Å²) in [5, 5.41) is 16.0. The summed E-state index contributed by atoms with van der Waals surface area (Å²) in [6, 6.07) is 7.48. The van der Waals surface area contributed by atoms with Gasteiger partial charge < -0.3 is 15.4 Å². The molecule has 4 N–H and O–H groups in total. The molecule has 1 amide bonds. The second-order valence-corrected chi connectivity index (χ2v) is 6.58. The van der Waals surface area contributed by atoms with Gasteiger partial charge in [-0.05, 0) is 45.4 Å². The molecule has 3 aromatic rings. The van der Waals surface area contributed by atoms with Gasteiger partial charge in [0, 0.05) is 23.1 Å². The van der Waals surface area contributed by atoms with Crippen LogP contribution in [0, 0.1) is 13.8 Å². The zero-order valence-electron chi connectivity index (χ0n) is 16.2. The number of benzene rings is 1. The highest BCUT2D eigenvalue weighted by Gasteiger charge is 2.09. The molecule has 0 bridgehead atoms. The largest absolute Gasteiger partial charge is 0.447 e. The summed E-state index contributed by atoms with van der Waals surface area (Å²) in [6.45, 7) is 7.43. The van der Waals surface area contributed by atoms with Gasteiger partial charge in [-0.1, -0.05) is 6.07 Å². The number of nitrogens with one attached hydrogen (secondary N) is 4. The smallest absolute Gasteiger partial charge is 0.411 e. The van der Waals surface area contributed by atoms with Crippen molar-refractivity contribution >= 4 is 34.9 Å². The van der Waals surface area contributed by atoms with Gasteiger partial charge in [-0.15, -0.1) is 0 Å². The van der Waals surface area contributed by atoms with Crippen LogP contribution in [0.3, 0.4) is 0 Å². The molecule has 9 nitrogen and oxygen atoms in total. The Hall–Kier alpha value is -3.62. The van der Waals surface area contributed by atoms with Crippen molar-refractivity contribution in [3.05, 3.63) is 47.9 Å². The molecule has 9 heteroatoms. The Morgan fingerprint density at radius 1 is 1.07 bits per heavy atom. The number of anilines is 5. The minimum Gasteiger partial charge on any atom is -0.447 e. The molecule has 0 unspecified atom stereocenters. The van der Waals surface area contributed by atoms with Crippen LogP contribution in [0.4, 0.5) is 33.6 Å². The van der Waals surface area contributed by atoms with Gasteiger partial charge in [0.2, 0.25) is 0 Å². The summed E-state index contributed by atoms with van der Waals surface area (Å²) >= 11 is 0. The maximum absolute atomic E-state index is 11.9. The summed E-state index contributed by atoms with van der Waals surface area (Å²) < 4.78 is 5.13. The molecule has 0 saturated carbocycles. The highest BCUT2D eigenvalue weighted by atomic mass is 16.6. The van der Waals surface area contributed by atoms with Crippen molar-refractivity contribution in [2.45, 2.75) is 33.8 Å². The van der Waals surface area contributed by atoms with E-state index in [1.807, 2.05) is 38.1 Å². The van der Waals surface area contributed by atoms with Crippen LogP contribution >= 0.6 is 0 Å². The molecule has 146 valence electrons. The lowest BCUT2D eigenvalue weighted by Gasteiger charge is -2.13. The van der Waals surface area contributed by atoms with Crippen LogP contribution < -0.4 is 16.0 Å². The third-order valence-corrected chi connectivity index (χ3v) is 3.69. The number of ether oxygens (including phenoxy) is 1. The molecule has 0 fully saturated rings. The van der Waals surface area contributed by atoms with Crippen LogP contribution in [0.15, 0.2) is 36.7 Å². The van der Waals surface area contributed by atoms with E-state index < -0.39 is 6.09 Å². The van der Waals surface area contributed by atoms with Gasteiger partial charge in [-0.25, -0.2) is 9.78 Å². The molecular formula is C19H23N7O2. The average molecular weight is 381 g/mol. The van der Waals surface area contributed by atoms with E-state index in [9.17, 15) is 4.79 Å². The van der Waals surface area contributed by atoms with E-state index in [2.05, 4.69) is 36.1 Å². The van der Waals surface area contributed by atoms with E-state index in [0.717, 1.165) is 16.9 Å². The maximum atomic E-state index is 11.9. The summed E-state index contributed by atoms with van der Waals surface area (Å²) in [5.41, 5.74) is 3.28. The molecule has 28 heavy (non-hydrogen) atoms. The SMILES string of the molecule is Cc1cc(Nc2cncc(Nc3ccc(C)c(NC(=O)OC(C)C)c3)n2)n[nH]1. The summed E-state index contributed by atoms with van der Waals surface area (Å²) in [4.78, 5) is 20.5. The number of rotatable bonds is 6. The molecule has 0 atom stereocenters. The number of aromatic nitrogens is 4. The van der Waals surface area contributed by atoms with Crippen molar-refractivity contribution in [1.82, 2.24) is 20.2 Å². The monoisotopic (exact) mass is 381 g/mol. The third kappa shape index (κ3) is 5.19. The van der Waals surface area contributed by atoms with Gasteiger partial charge in [0.15, 0.2) is 17.5 Å². The Labute approximate surface area is 162 Å². The van der Waals surface area contributed by atoms with Crippen molar-refractivity contribution in [1.29, 1.82) is 0 Å². The quantitative estimate of drug-likeness (QED) is 0.504. The third-order valence-electron chi connectivity index (χ3n) is 3.69. The lowest BCUT2D eigenvalue weighted by atomic mass is 10.2. The Bertz CT molecular complexity index is 968. The Balaban J connectivity index is 1.72. The van der Waals surface area contributed by atoms with Crippen molar-refractivity contribution in [3.8, 4) is 0 Å². The molecule has 2 aromatic heterocycles. The molecule has 0 spiro atoms. The fourth-order valence-corrected chi connectivity index (χ4v) is 2.44. The first-order valence-corrected chi connectivity index (χ1v) is 8.85. The number of carbonyl (C=O) groups excluding carboxylic acids is 1. The number of amides is 1. The number of H-pyrrole nitrogens is 1. The van der Waals surface area contributed by atoms with Gasteiger partial charge in [0.1, 0.15) is 0 Å². The number of nitrogens with zero attached hydrogens (tertiary/aromatic N) is 3. The molecule has 2 heterocycles. The van der Waals surface area contributed by atoms with Crippen LogP contribution in [-0.2, 0) is 4.74 Å². The summed E-state index contributed by atoms with van der Waals surface area (Å²) in [7, 11) is 0. The summed E-state index contributed by atoms with van der Waals surface area (Å²) in [5.74, 6) is 1.77. The van der Waals surface area contributed by atoms with E-state index in [0.29, 0.717) is 23.1 Å². The van der Waals surface area contributed by atoms with Crippen molar-refractivity contribution < 1.29 is 9.53 Å². The lowest BCUT2D eigenvalue weighted by molar-refractivity contribution is 0.130. The van der Waals surface area contributed by atoms with E-state index in [1.54, 1.807) is 26.2 Å². The van der Waals surface area contributed by atoms with Crippen LogP contribution in [0.5, 0.6) is 0 Å². The van der Waals surface area contributed by atoms with Crippen LogP contribution in [0.1, 0.15) is 25.1 Å². The number of aromatic amines is 1. The fourth-order valence-electron chi connectivity index (χ4n) is 2.44. The molecule has 0 radical (unpaired) electrons. The van der Waals surface area contributed by atoms with E-state index in [4.69, 9.17) is 4.74 Å². The highest BCUT2D eigenvalue weighted by Crippen LogP contribution is 2.23. The Morgan fingerprint density at radius 3 is 2.50 bits per heavy atom. The molecule has 1 aromatic carbocycles. The molecular weight excluding hydrogens is 358 g/mol. The first kappa shape index (κ1) is 19.2. The molecule has 0 aliphatic heterocycles. The molecule has 0 saturated heterocycles. The zero-order chi connectivity index (χ0) is 20.1. The maximum Gasteiger partial charge on any atom is 0.411 e. The van der Waals surface area contributed by atoms with E-state index >= 15 is 0 Å². The van der Waals surface area contributed by atoms with Crippen molar-refractivity contribution in [2.75, 3.05) is 16.0 Å². The van der Waals surface area contributed by atoms with Gasteiger partial charge >= 0.3 is 6.09 Å². The van der Waals surface area contributed by atoms with Crippen LogP contribution in [0.25, 0.3) is 0 Å². The Kier molecular flexibility index (Phi) is 5.73. The normalized spacial score (nSPS) is 10.6. The molecule has 0 aliphatic carbocycles. The highest BCUT2D eigenvalue weighted by molar-refractivity contribution is 5.87. The zero-order valence-corrected chi connectivity index (χ0v) is 16.2. The average Bonchev–Trinajstić information content (AvgIpc) is 3.02. The van der Waals surface area contributed by atoms with E-state index in [-0.39, 0.29) is 6.10 Å². The van der Waals surface area contributed by atoms with Gasteiger partial charge in [-0.2, -0.15) is 5.10 Å². The fraction of sp³-hybridized carbons (Fsp3) is 0.263. The second kappa shape index (κ2) is 8.38. The Morgan fingerprint density at radius 2 is 1.82 bits per heavy atom. The van der Waals surface area contributed by atoms with Crippen LogP contribution in [0.2, 0.25) is 0 Å². The van der Waals surface area contributed by atoms with Crippen LogP contribution in [-0.4, -0.2) is 32.4 Å². The summed E-state index contributed by atoms with van der Waals surface area (Å²) in [6.07, 6.45) is 2.54. The second-order valence-electron chi connectivity index (χ2n) is 6.58. The standard InChI is InChI=1S/C19H23N7O2/c1-11(2)28-19(27)22-15-8-14(6-5-12(15)3)21-17-9-20-10-18(24-17)23-16-7-13(4)25-26-16/h5-11H,1-4H3,(H,22,27)(H3,21,23,24,25,26). The molecule has 3 rings (SSSR count). The number of carbonyl (C=O) groups is 1. The van der Waals surface area contributed by atoms with Gasteiger partial charge in [-0.3, -0.25) is 15.4 Å². The van der Waals surface area contributed by atoms with E-state index in [1.165, 1.54) is 0 Å². The minimum absolute atomic E-state index is 0.189. The predicted molar refractivity (Wildman–Crippen MR) is 108 cm³/mol. The van der Waals surface area contributed by atoms with Gasteiger partial charge in [0.25, 0.3) is 0 Å². The first-order valence-electron chi connectivity index (χ1n) is 8.85. The van der Waals surface area contributed by atoms with Crippen molar-refractivity contribution in [2.24, 2.45) is 0 Å². The number of hydrogen-bond donors (Lipinski definition) is 4. The van der Waals surface area contributed by atoms with Crippen molar-refractivity contribution in [3.63, 3.8) is 0 Å².